The molecular weight excluding hydrogens is 282 g/mol. The van der Waals surface area contributed by atoms with Gasteiger partial charge in [0.2, 0.25) is 0 Å². The molecule has 0 saturated heterocycles. The highest BCUT2D eigenvalue weighted by atomic mass is 19.4. The van der Waals surface area contributed by atoms with Gasteiger partial charge in [-0.3, -0.25) is 0 Å². The first-order valence-electron chi connectivity index (χ1n) is 6.43. The predicted octanol–water partition coefficient (Wildman–Crippen LogP) is 4.46. The Morgan fingerprint density at radius 3 is 2.29 bits per heavy atom. The molecule has 1 unspecified atom stereocenters. The van der Waals surface area contributed by atoms with Crippen molar-refractivity contribution >= 4 is 0 Å². The smallest absolute Gasteiger partial charge is 0.309 e. The number of hydrogen-bond donors (Lipinski definition) is 1. The molecule has 0 radical (unpaired) electrons. The van der Waals surface area contributed by atoms with Gasteiger partial charge in [0.1, 0.15) is 5.82 Å². The van der Waals surface area contributed by atoms with Crippen molar-refractivity contribution in [2.45, 2.75) is 19.1 Å². The second-order valence-electron chi connectivity index (χ2n) is 4.85. The van der Waals surface area contributed by atoms with Crippen molar-refractivity contribution in [3.63, 3.8) is 0 Å². The third-order valence-corrected chi connectivity index (χ3v) is 3.38. The van der Waals surface area contributed by atoms with Crippen molar-refractivity contribution in [1.82, 2.24) is 5.32 Å². The van der Waals surface area contributed by atoms with Crippen LogP contribution in [0.4, 0.5) is 17.6 Å². The van der Waals surface area contributed by atoms with Gasteiger partial charge in [0, 0.05) is 0 Å². The number of alkyl halides is 3. The predicted molar refractivity (Wildman–Crippen MR) is 73.5 cm³/mol. The Kier molecular flexibility index (Phi) is 4.32. The summed E-state index contributed by atoms with van der Waals surface area (Å²) in [6, 6.07) is 9.25. The van der Waals surface area contributed by atoms with Gasteiger partial charge in [0.15, 0.2) is 0 Å². The summed E-state index contributed by atoms with van der Waals surface area (Å²) >= 11 is 0. The number of rotatable bonds is 3. The molecule has 0 heterocycles. The van der Waals surface area contributed by atoms with Gasteiger partial charge in [-0.2, -0.15) is 13.2 Å². The molecule has 0 aliphatic heterocycles. The molecule has 112 valence electrons. The number of benzene rings is 2. The normalized spacial score (nSPS) is 13.2. The Morgan fingerprint density at radius 2 is 1.76 bits per heavy atom. The number of halogens is 4. The van der Waals surface area contributed by atoms with Gasteiger partial charge < -0.3 is 5.32 Å². The summed E-state index contributed by atoms with van der Waals surface area (Å²) in [4.78, 5) is 0. The lowest BCUT2D eigenvalue weighted by molar-refractivity contribution is -0.137. The minimum Gasteiger partial charge on any atom is -0.309 e. The van der Waals surface area contributed by atoms with Crippen molar-refractivity contribution in [3.8, 4) is 0 Å². The average Bonchev–Trinajstić information content (AvgIpc) is 2.40. The zero-order valence-electron chi connectivity index (χ0n) is 11.6. The van der Waals surface area contributed by atoms with Crippen LogP contribution in [0.5, 0.6) is 0 Å². The molecule has 0 aliphatic rings. The lowest BCUT2D eigenvalue weighted by atomic mass is 9.93. The zero-order chi connectivity index (χ0) is 15.6. The highest BCUT2D eigenvalue weighted by Crippen LogP contribution is 2.33. The third-order valence-electron chi connectivity index (χ3n) is 3.38. The van der Waals surface area contributed by atoms with Crippen LogP contribution in [0, 0.1) is 12.7 Å². The van der Waals surface area contributed by atoms with Gasteiger partial charge in [-0.25, -0.2) is 4.39 Å². The summed E-state index contributed by atoms with van der Waals surface area (Å²) in [5.74, 6) is -0.377. The Bertz CT molecular complexity index is 634. The molecule has 0 spiro atoms. The van der Waals surface area contributed by atoms with Gasteiger partial charge in [-0.1, -0.05) is 18.2 Å². The molecule has 1 N–H and O–H groups in total. The topological polar surface area (TPSA) is 12.0 Å². The van der Waals surface area contributed by atoms with E-state index in [9.17, 15) is 17.6 Å². The fourth-order valence-corrected chi connectivity index (χ4v) is 2.36. The fourth-order valence-electron chi connectivity index (χ4n) is 2.36. The summed E-state index contributed by atoms with van der Waals surface area (Å²) in [5, 5.41) is 3.01. The first-order chi connectivity index (χ1) is 9.82. The monoisotopic (exact) mass is 297 g/mol. The SMILES string of the molecule is CNC(c1cccc(F)c1)c1ccc(C(F)(F)F)cc1C. The maximum atomic E-state index is 13.3. The molecule has 2 aromatic carbocycles. The van der Waals surface area contributed by atoms with E-state index in [2.05, 4.69) is 5.32 Å². The molecule has 0 bridgehead atoms. The molecule has 1 nitrogen and oxygen atoms in total. The van der Waals surface area contributed by atoms with E-state index in [0.717, 1.165) is 12.1 Å². The van der Waals surface area contributed by atoms with E-state index < -0.39 is 11.7 Å². The molecular formula is C16H15F4N. The standard InChI is InChI=1S/C16H15F4N/c1-10-8-12(16(18,19)20)6-7-14(10)15(21-2)11-4-3-5-13(17)9-11/h3-9,15,21H,1-2H3. The largest absolute Gasteiger partial charge is 0.416 e. The minimum absolute atomic E-state index is 0.358. The van der Waals surface area contributed by atoms with E-state index in [-0.39, 0.29) is 11.9 Å². The fraction of sp³-hybridized carbons (Fsp3) is 0.250. The molecule has 21 heavy (non-hydrogen) atoms. The second kappa shape index (κ2) is 5.85. The van der Waals surface area contributed by atoms with Gasteiger partial charge in [-0.05, 0) is 54.9 Å². The molecule has 2 aromatic rings. The van der Waals surface area contributed by atoms with Gasteiger partial charge >= 0.3 is 6.18 Å². The maximum absolute atomic E-state index is 13.3. The van der Waals surface area contributed by atoms with Crippen molar-refractivity contribution in [1.29, 1.82) is 0 Å². The second-order valence-corrected chi connectivity index (χ2v) is 4.85. The van der Waals surface area contributed by atoms with Crippen molar-refractivity contribution in [2.75, 3.05) is 7.05 Å². The zero-order valence-corrected chi connectivity index (χ0v) is 11.6. The lowest BCUT2D eigenvalue weighted by Gasteiger charge is -2.20. The van der Waals surface area contributed by atoms with Crippen LogP contribution < -0.4 is 5.32 Å². The molecule has 5 heteroatoms. The van der Waals surface area contributed by atoms with Crippen molar-refractivity contribution in [3.05, 3.63) is 70.5 Å². The number of aryl methyl sites for hydroxylation is 1. The Hall–Kier alpha value is -1.88. The molecule has 0 amide bonds. The van der Waals surface area contributed by atoms with Gasteiger partial charge in [0.25, 0.3) is 0 Å². The molecule has 0 saturated carbocycles. The molecule has 0 aliphatic carbocycles. The highest BCUT2D eigenvalue weighted by molar-refractivity contribution is 5.40. The summed E-state index contributed by atoms with van der Waals surface area (Å²) < 4.78 is 51.4. The van der Waals surface area contributed by atoms with Crippen LogP contribution in [0.1, 0.15) is 28.3 Å². The Balaban J connectivity index is 2.44. The van der Waals surface area contributed by atoms with Crippen LogP contribution in [0.15, 0.2) is 42.5 Å². The summed E-state index contributed by atoms with van der Waals surface area (Å²) in [6.45, 7) is 1.62. The summed E-state index contributed by atoms with van der Waals surface area (Å²) in [5.41, 5.74) is 1.18. The minimum atomic E-state index is -4.36. The highest BCUT2D eigenvalue weighted by Gasteiger charge is 2.31. The van der Waals surface area contributed by atoms with Gasteiger partial charge in [-0.15, -0.1) is 0 Å². The molecule has 2 rings (SSSR count). The van der Waals surface area contributed by atoms with Crippen LogP contribution >= 0.6 is 0 Å². The van der Waals surface area contributed by atoms with E-state index >= 15 is 0 Å². The van der Waals surface area contributed by atoms with E-state index in [1.807, 2.05) is 0 Å². The molecule has 1 atom stereocenters. The van der Waals surface area contributed by atoms with Crippen LogP contribution in [0.2, 0.25) is 0 Å². The van der Waals surface area contributed by atoms with Crippen LogP contribution in [0.25, 0.3) is 0 Å². The average molecular weight is 297 g/mol. The Morgan fingerprint density at radius 1 is 1.05 bits per heavy atom. The van der Waals surface area contributed by atoms with E-state index in [1.165, 1.54) is 18.2 Å². The van der Waals surface area contributed by atoms with E-state index in [0.29, 0.717) is 16.7 Å². The van der Waals surface area contributed by atoms with Gasteiger partial charge in [0.05, 0.1) is 11.6 Å². The number of hydrogen-bond acceptors (Lipinski definition) is 1. The first kappa shape index (κ1) is 15.5. The molecule has 0 fully saturated rings. The van der Waals surface area contributed by atoms with Crippen LogP contribution in [-0.2, 0) is 6.18 Å². The third kappa shape index (κ3) is 3.42. The number of nitrogens with one attached hydrogen (secondary N) is 1. The first-order valence-corrected chi connectivity index (χ1v) is 6.43. The summed E-state index contributed by atoms with van der Waals surface area (Å²) in [7, 11) is 1.69. The molecule has 0 aromatic heterocycles. The summed E-state index contributed by atoms with van der Waals surface area (Å²) in [6.07, 6.45) is -4.36. The lowest BCUT2D eigenvalue weighted by Crippen LogP contribution is -2.19. The van der Waals surface area contributed by atoms with Crippen molar-refractivity contribution < 1.29 is 17.6 Å². The maximum Gasteiger partial charge on any atom is 0.416 e. The van der Waals surface area contributed by atoms with Crippen LogP contribution in [0.3, 0.4) is 0 Å². The van der Waals surface area contributed by atoms with E-state index in [4.69, 9.17) is 0 Å². The van der Waals surface area contributed by atoms with Crippen molar-refractivity contribution in [2.24, 2.45) is 0 Å². The van der Waals surface area contributed by atoms with Crippen LogP contribution in [-0.4, -0.2) is 7.05 Å². The Labute approximate surface area is 120 Å². The quantitative estimate of drug-likeness (QED) is 0.825. The van der Waals surface area contributed by atoms with E-state index in [1.54, 1.807) is 26.1 Å².